The molecule has 3 nitrogen and oxygen atoms in total. The van der Waals surface area contributed by atoms with Crippen LogP contribution in [-0.4, -0.2) is 5.91 Å². The predicted octanol–water partition coefficient (Wildman–Crippen LogP) is 8.33. The van der Waals surface area contributed by atoms with Crippen LogP contribution in [0.25, 0.3) is 0 Å². The first kappa shape index (κ1) is 32.4. The number of aryl methyl sites for hydroxylation is 1. The molecule has 222 valence electrons. The molecule has 1 atom stereocenters. The van der Waals surface area contributed by atoms with E-state index in [2.05, 4.69) is 11.9 Å². The largest absolute Gasteiger partial charge is 0.419 e. The Morgan fingerprint density at radius 3 is 2.17 bits per heavy atom. The molecule has 3 aromatic carbocycles. The number of amides is 1. The average molecular weight is 615 g/mol. The number of halogens is 9. The van der Waals surface area contributed by atoms with E-state index in [4.69, 9.17) is 17.3 Å². The Labute approximate surface area is 241 Å². The quantitative estimate of drug-likeness (QED) is 0.198. The standard InChI is InChI=1S/C30H23ClF8N2O/c1-17-5-3-4-6-20(17)15-28(18(2)7-9-23(31)16-40,21-12-22(29(34,35)36)14-24(32)13-21)41-27(42)19-8-10-26(33)25(11-19)30(37,38)39/h3-14,16H,2,15,40H2,1H3,(H,41,42)/b9-7-,23-16+/t28-/m1/s1. The summed E-state index contributed by atoms with van der Waals surface area (Å²) >= 11 is 5.95. The van der Waals surface area contributed by atoms with E-state index in [0.29, 0.717) is 23.3 Å². The molecule has 0 unspecified atom stereocenters. The van der Waals surface area contributed by atoms with E-state index in [1.807, 2.05) is 0 Å². The minimum atomic E-state index is -5.15. The van der Waals surface area contributed by atoms with Gasteiger partial charge in [0.2, 0.25) is 0 Å². The minimum absolute atomic E-state index is 0.0316. The number of hydrogen-bond donors (Lipinski definition) is 2. The highest BCUT2D eigenvalue weighted by molar-refractivity contribution is 6.31. The number of hydrogen-bond acceptors (Lipinski definition) is 2. The van der Waals surface area contributed by atoms with Crippen molar-refractivity contribution in [3.8, 4) is 0 Å². The van der Waals surface area contributed by atoms with Crippen molar-refractivity contribution in [3.05, 3.63) is 141 Å². The summed E-state index contributed by atoms with van der Waals surface area (Å²) in [5, 5.41) is 2.45. The lowest BCUT2D eigenvalue weighted by atomic mass is 9.76. The van der Waals surface area contributed by atoms with E-state index >= 15 is 0 Å². The molecule has 12 heteroatoms. The van der Waals surface area contributed by atoms with Crippen LogP contribution in [-0.2, 0) is 24.3 Å². The van der Waals surface area contributed by atoms with Crippen molar-refractivity contribution >= 4 is 17.5 Å². The first-order valence-corrected chi connectivity index (χ1v) is 12.4. The van der Waals surface area contributed by atoms with E-state index in [1.54, 1.807) is 31.2 Å². The minimum Gasteiger partial charge on any atom is -0.403 e. The monoisotopic (exact) mass is 614 g/mol. The van der Waals surface area contributed by atoms with Gasteiger partial charge >= 0.3 is 12.4 Å². The summed E-state index contributed by atoms with van der Waals surface area (Å²) < 4.78 is 110. The van der Waals surface area contributed by atoms with Crippen LogP contribution in [0, 0.1) is 18.6 Å². The summed E-state index contributed by atoms with van der Waals surface area (Å²) in [6.45, 7) is 5.58. The number of carbonyl (C=O) groups excluding carboxylic acids is 1. The van der Waals surface area contributed by atoms with Crippen LogP contribution in [0.1, 0.15) is 38.2 Å². The van der Waals surface area contributed by atoms with Gasteiger partial charge in [-0.1, -0.05) is 48.5 Å². The number of rotatable bonds is 8. The molecule has 3 aromatic rings. The lowest BCUT2D eigenvalue weighted by Crippen LogP contribution is -2.49. The van der Waals surface area contributed by atoms with Gasteiger partial charge in [-0.3, -0.25) is 4.79 Å². The number of nitrogens with one attached hydrogen (secondary N) is 1. The maximum Gasteiger partial charge on any atom is 0.419 e. The van der Waals surface area contributed by atoms with Crippen molar-refractivity contribution < 1.29 is 39.9 Å². The summed E-state index contributed by atoms with van der Waals surface area (Å²) in [5.41, 5.74) is 0.0476. The molecule has 3 N–H and O–H groups in total. The van der Waals surface area contributed by atoms with Crippen LogP contribution >= 0.6 is 11.6 Å². The number of benzene rings is 3. The number of carbonyl (C=O) groups is 1. The summed E-state index contributed by atoms with van der Waals surface area (Å²) in [6.07, 6.45) is -7.06. The fourth-order valence-electron chi connectivity index (χ4n) is 4.22. The zero-order valence-electron chi connectivity index (χ0n) is 21.8. The summed E-state index contributed by atoms with van der Waals surface area (Å²) in [5.74, 6) is -4.18. The predicted molar refractivity (Wildman–Crippen MR) is 143 cm³/mol. The lowest BCUT2D eigenvalue weighted by molar-refractivity contribution is -0.140. The van der Waals surface area contributed by atoms with Crippen molar-refractivity contribution in [1.82, 2.24) is 5.32 Å². The van der Waals surface area contributed by atoms with Gasteiger partial charge in [0.15, 0.2) is 0 Å². The first-order valence-electron chi connectivity index (χ1n) is 12.0. The van der Waals surface area contributed by atoms with E-state index in [0.717, 1.165) is 18.3 Å². The third-order valence-corrected chi connectivity index (χ3v) is 6.70. The Kier molecular flexibility index (Phi) is 9.56. The second-order valence-corrected chi connectivity index (χ2v) is 9.73. The van der Waals surface area contributed by atoms with E-state index < -0.39 is 57.7 Å². The van der Waals surface area contributed by atoms with Crippen molar-refractivity contribution in [2.45, 2.75) is 31.2 Å². The van der Waals surface area contributed by atoms with Gasteiger partial charge in [-0.2, -0.15) is 26.3 Å². The molecule has 0 aliphatic carbocycles. The second-order valence-electron chi connectivity index (χ2n) is 9.29. The molecule has 0 saturated heterocycles. The molecule has 0 bridgehead atoms. The summed E-state index contributed by atoms with van der Waals surface area (Å²) in [4.78, 5) is 13.5. The smallest absolute Gasteiger partial charge is 0.403 e. The van der Waals surface area contributed by atoms with Gasteiger partial charge in [0.1, 0.15) is 11.6 Å². The van der Waals surface area contributed by atoms with Gasteiger partial charge in [0.25, 0.3) is 5.91 Å². The molecule has 0 saturated carbocycles. The van der Waals surface area contributed by atoms with Crippen LogP contribution < -0.4 is 11.1 Å². The highest BCUT2D eigenvalue weighted by atomic mass is 35.5. The molecule has 0 fully saturated rings. The first-order chi connectivity index (χ1) is 19.5. The van der Waals surface area contributed by atoms with Crippen LogP contribution in [0.3, 0.4) is 0 Å². The van der Waals surface area contributed by atoms with Gasteiger partial charge in [0.05, 0.1) is 21.7 Å². The fraction of sp³-hybridized carbons (Fsp3) is 0.167. The number of nitrogens with two attached hydrogens (primary N) is 1. The van der Waals surface area contributed by atoms with Crippen molar-refractivity contribution in [1.29, 1.82) is 0 Å². The zero-order chi connectivity index (χ0) is 31.5. The number of allylic oxidation sites excluding steroid dienone is 2. The third-order valence-electron chi connectivity index (χ3n) is 6.45. The zero-order valence-corrected chi connectivity index (χ0v) is 22.6. The Balaban J connectivity index is 2.35. The van der Waals surface area contributed by atoms with Crippen LogP contribution in [0.15, 0.2) is 96.2 Å². The van der Waals surface area contributed by atoms with Gasteiger partial charge in [-0.05, 0) is 71.7 Å². The van der Waals surface area contributed by atoms with Crippen molar-refractivity contribution in [3.63, 3.8) is 0 Å². The number of alkyl halides is 6. The van der Waals surface area contributed by atoms with Gasteiger partial charge in [0, 0.05) is 18.2 Å². The molecule has 0 aromatic heterocycles. The molecular formula is C30H23ClF8N2O. The molecule has 0 aliphatic heterocycles. The molecule has 1 amide bonds. The van der Waals surface area contributed by atoms with Crippen LogP contribution in [0.5, 0.6) is 0 Å². The molecule has 0 spiro atoms. The Bertz CT molecular complexity index is 1560. The summed E-state index contributed by atoms with van der Waals surface area (Å²) in [7, 11) is 0. The lowest BCUT2D eigenvalue weighted by Gasteiger charge is -2.37. The van der Waals surface area contributed by atoms with E-state index in [1.165, 1.54) is 12.2 Å². The summed E-state index contributed by atoms with van der Waals surface area (Å²) in [6, 6.07) is 9.66. The third kappa shape index (κ3) is 7.39. The molecule has 42 heavy (non-hydrogen) atoms. The highest BCUT2D eigenvalue weighted by Gasteiger charge is 2.41. The highest BCUT2D eigenvalue weighted by Crippen LogP contribution is 2.39. The molecule has 0 heterocycles. The topological polar surface area (TPSA) is 55.1 Å². The SMILES string of the molecule is C=C(/C=C\C(Cl)=C/N)[C@@](Cc1ccccc1C)(NC(=O)c1ccc(F)c(C(F)(F)F)c1)c1cc(F)cc(C(F)(F)F)c1. The Morgan fingerprint density at radius 2 is 1.57 bits per heavy atom. The van der Waals surface area contributed by atoms with Gasteiger partial charge in [-0.25, -0.2) is 8.78 Å². The average Bonchev–Trinajstić information content (AvgIpc) is 2.90. The normalized spacial score (nSPS) is 14.1. The van der Waals surface area contributed by atoms with Gasteiger partial charge in [-0.15, -0.1) is 0 Å². The fourth-order valence-corrected chi connectivity index (χ4v) is 4.28. The maximum atomic E-state index is 14.8. The molecule has 3 rings (SSSR count). The van der Waals surface area contributed by atoms with Crippen LogP contribution in [0.2, 0.25) is 0 Å². The van der Waals surface area contributed by atoms with E-state index in [-0.39, 0.29) is 29.2 Å². The Morgan fingerprint density at radius 1 is 0.929 bits per heavy atom. The van der Waals surface area contributed by atoms with Crippen molar-refractivity contribution in [2.75, 3.05) is 0 Å². The molecular weight excluding hydrogens is 592 g/mol. The Hall–Kier alpha value is -4.12. The van der Waals surface area contributed by atoms with Crippen LogP contribution in [0.4, 0.5) is 35.1 Å². The van der Waals surface area contributed by atoms with Gasteiger partial charge < -0.3 is 11.1 Å². The van der Waals surface area contributed by atoms with Crippen molar-refractivity contribution in [2.24, 2.45) is 5.73 Å². The maximum absolute atomic E-state index is 14.8. The molecule has 0 radical (unpaired) electrons. The second kappa shape index (κ2) is 12.4. The van der Waals surface area contributed by atoms with E-state index in [9.17, 15) is 39.9 Å². The molecule has 0 aliphatic rings.